The number of thiazole rings is 1. The molecule has 0 unspecified atom stereocenters. The minimum atomic E-state index is -3.58. The summed E-state index contributed by atoms with van der Waals surface area (Å²) in [4.78, 5) is 18.5. The van der Waals surface area contributed by atoms with Crippen molar-refractivity contribution in [3.8, 4) is 11.3 Å². The SMILES string of the molecule is O=C(/C(=C/c1ccc(-c2ccc(S(=O)(=O)N3CCOCC3)cc2)o1)c1nc2ccccc2s1)c1ccccc1. The van der Waals surface area contributed by atoms with Crippen molar-refractivity contribution in [2.24, 2.45) is 0 Å². The standard InChI is InChI=1S/C30H24N2O5S2/c33-29(22-6-2-1-3-7-22)25(30-31-26-8-4-5-9-28(26)38-30)20-23-12-15-27(37-23)21-10-13-24(14-11-21)39(34,35)32-16-18-36-19-17-32/h1-15,20H,16-19H2/b25-20-. The molecule has 1 aliphatic rings. The number of carbonyl (C=O) groups excluding carboxylic acids is 1. The van der Waals surface area contributed by atoms with E-state index in [2.05, 4.69) is 0 Å². The first-order valence-electron chi connectivity index (χ1n) is 12.4. The number of furan rings is 1. The van der Waals surface area contributed by atoms with Gasteiger partial charge in [0, 0.05) is 24.2 Å². The summed E-state index contributed by atoms with van der Waals surface area (Å²) in [6, 6.07) is 27.1. The number of rotatable bonds is 7. The summed E-state index contributed by atoms with van der Waals surface area (Å²) in [6.07, 6.45) is 1.72. The van der Waals surface area contributed by atoms with E-state index in [9.17, 15) is 13.2 Å². The second kappa shape index (κ2) is 10.7. The van der Waals surface area contributed by atoms with Gasteiger partial charge >= 0.3 is 0 Å². The lowest BCUT2D eigenvalue weighted by Gasteiger charge is -2.26. The normalized spacial score (nSPS) is 15.0. The average Bonchev–Trinajstić information content (AvgIpc) is 3.64. The van der Waals surface area contributed by atoms with E-state index in [1.54, 1.807) is 54.6 Å². The second-order valence-corrected chi connectivity index (χ2v) is 12.0. The van der Waals surface area contributed by atoms with Crippen molar-refractivity contribution in [3.63, 3.8) is 0 Å². The highest BCUT2D eigenvalue weighted by Crippen LogP contribution is 2.32. The van der Waals surface area contributed by atoms with Crippen LogP contribution in [0.3, 0.4) is 0 Å². The molecule has 39 heavy (non-hydrogen) atoms. The van der Waals surface area contributed by atoms with Crippen molar-refractivity contribution in [1.82, 2.24) is 9.29 Å². The van der Waals surface area contributed by atoms with E-state index in [1.807, 2.05) is 42.5 Å². The maximum atomic E-state index is 13.6. The van der Waals surface area contributed by atoms with Gasteiger partial charge in [-0.3, -0.25) is 4.79 Å². The molecule has 9 heteroatoms. The Morgan fingerprint density at radius 2 is 1.59 bits per heavy atom. The smallest absolute Gasteiger partial charge is 0.243 e. The van der Waals surface area contributed by atoms with Crippen LogP contribution in [0, 0.1) is 0 Å². The molecule has 196 valence electrons. The van der Waals surface area contributed by atoms with E-state index in [1.165, 1.54) is 15.6 Å². The highest BCUT2D eigenvalue weighted by molar-refractivity contribution is 7.89. The maximum Gasteiger partial charge on any atom is 0.243 e. The molecule has 0 bridgehead atoms. The van der Waals surface area contributed by atoms with Gasteiger partial charge < -0.3 is 9.15 Å². The molecule has 5 aromatic rings. The van der Waals surface area contributed by atoms with Crippen molar-refractivity contribution < 1.29 is 22.4 Å². The molecular weight excluding hydrogens is 532 g/mol. The number of hydrogen-bond acceptors (Lipinski definition) is 7. The number of morpholine rings is 1. The highest BCUT2D eigenvalue weighted by atomic mass is 32.2. The van der Waals surface area contributed by atoms with Crippen LogP contribution in [-0.4, -0.2) is 49.8 Å². The number of fused-ring (bicyclic) bond motifs is 1. The van der Waals surface area contributed by atoms with Gasteiger partial charge in [-0.15, -0.1) is 11.3 Å². The Kier molecular flexibility index (Phi) is 6.97. The van der Waals surface area contributed by atoms with Gasteiger partial charge in [0.2, 0.25) is 10.0 Å². The molecule has 2 aromatic heterocycles. The zero-order chi connectivity index (χ0) is 26.8. The largest absolute Gasteiger partial charge is 0.457 e. The molecule has 0 aliphatic carbocycles. The Labute approximate surface area is 230 Å². The van der Waals surface area contributed by atoms with Gasteiger partial charge in [-0.05, 0) is 54.6 Å². The van der Waals surface area contributed by atoms with E-state index in [0.29, 0.717) is 54.0 Å². The van der Waals surface area contributed by atoms with Gasteiger partial charge in [0.05, 0.1) is 33.9 Å². The number of ether oxygens (including phenoxy) is 1. The number of aromatic nitrogens is 1. The molecule has 0 radical (unpaired) electrons. The minimum Gasteiger partial charge on any atom is -0.457 e. The molecule has 0 atom stereocenters. The van der Waals surface area contributed by atoms with Crippen LogP contribution in [0.4, 0.5) is 0 Å². The van der Waals surface area contributed by atoms with Crippen molar-refractivity contribution >= 4 is 49.0 Å². The van der Waals surface area contributed by atoms with Crippen molar-refractivity contribution in [3.05, 3.63) is 107 Å². The predicted molar refractivity (Wildman–Crippen MR) is 152 cm³/mol. The van der Waals surface area contributed by atoms with Crippen LogP contribution in [0.5, 0.6) is 0 Å². The molecule has 0 N–H and O–H groups in total. The molecule has 3 heterocycles. The number of hydrogen-bond donors (Lipinski definition) is 0. The van der Waals surface area contributed by atoms with E-state index < -0.39 is 10.0 Å². The lowest BCUT2D eigenvalue weighted by molar-refractivity contribution is 0.0730. The maximum absolute atomic E-state index is 13.6. The van der Waals surface area contributed by atoms with Crippen LogP contribution in [0.2, 0.25) is 0 Å². The summed E-state index contributed by atoms with van der Waals surface area (Å²) < 4.78 is 39.7. The molecule has 0 saturated carbocycles. The lowest BCUT2D eigenvalue weighted by Crippen LogP contribution is -2.40. The van der Waals surface area contributed by atoms with Crippen LogP contribution < -0.4 is 0 Å². The van der Waals surface area contributed by atoms with E-state index in [4.69, 9.17) is 14.1 Å². The van der Waals surface area contributed by atoms with Gasteiger partial charge in [0.1, 0.15) is 16.5 Å². The van der Waals surface area contributed by atoms with Gasteiger partial charge in [-0.2, -0.15) is 4.31 Å². The van der Waals surface area contributed by atoms with Crippen molar-refractivity contribution in [2.75, 3.05) is 26.3 Å². The van der Waals surface area contributed by atoms with Crippen LogP contribution >= 0.6 is 11.3 Å². The highest BCUT2D eigenvalue weighted by Gasteiger charge is 2.26. The Morgan fingerprint density at radius 1 is 0.872 bits per heavy atom. The minimum absolute atomic E-state index is 0.148. The lowest BCUT2D eigenvalue weighted by atomic mass is 10.0. The fraction of sp³-hybridized carbons (Fsp3) is 0.133. The zero-order valence-electron chi connectivity index (χ0n) is 20.8. The summed E-state index contributed by atoms with van der Waals surface area (Å²) in [5.41, 5.74) is 2.56. The molecule has 6 rings (SSSR count). The summed E-state index contributed by atoms with van der Waals surface area (Å²) >= 11 is 1.46. The van der Waals surface area contributed by atoms with Gasteiger partial charge in [0.25, 0.3) is 0 Å². The molecule has 1 fully saturated rings. The van der Waals surface area contributed by atoms with Crippen LogP contribution in [0.15, 0.2) is 100 Å². The number of allylic oxidation sites excluding steroid dienone is 1. The fourth-order valence-electron chi connectivity index (χ4n) is 4.41. The monoisotopic (exact) mass is 556 g/mol. The Balaban J connectivity index is 1.32. The van der Waals surface area contributed by atoms with Crippen LogP contribution in [0.1, 0.15) is 21.1 Å². The van der Waals surface area contributed by atoms with Gasteiger partial charge in [-0.25, -0.2) is 13.4 Å². The zero-order valence-corrected chi connectivity index (χ0v) is 22.5. The molecule has 7 nitrogen and oxygen atoms in total. The molecule has 1 saturated heterocycles. The molecule has 1 aliphatic heterocycles. The number of ketones is 1. The third-order valence-corrected chi connectivity index (χ3v) is 9.45. The summed E-state index contributed by atoms with van der Waals surface area (Å²) in [7, 11) is -3.58. The molecule has 0 spiro atoms. The Morgan fingerprint density at radius 3 is 2.33 bits per heavy atom. The topological polar surface area (TPSA) is 89.7 Å². The van der Waals surface area contributed by atoms with Gasteiger partial charge in [-0.1, -0.05) is 42.5 Å². The quantitative estimate of drug-likeness (QED) is 0.180. The molecular formula is C30H24N2O5S2. The second-order valence-electron chi connectivity index (χ2n) is 8.98. The number of carbonyl (C=O) groups is 1. The summed E-state index contributed by atoms with van der Waals surface area (Å²) in [5, 5.41) is 0.612. The number of sulfonamides is 1. The Bertz CT molecular complexity index is 1730. The molecule has 0 amide bonds. The van der Waals surface area contributed by atoms with Crippen molar-refractivity contribution in [1.29, 1.82) is 0 Å². The van der Waals surface area contributed by atoms with Crippen LogP contribution in [-0.2, 0) is 14.8 Å². The first kappa shape index (κ1) is 25.4. The number of para-hydroxylation sites is 1. The van der Waals surface area contributed by atoms with Crippen LogP contribution in [0.25, 0.3) is 33.2 Å². The summed E-state index contributed by atoms with van der Waals surface area (Å²) in [6.45, 7) is 1.48. The Hall–Kier alpha value is -3.89. The van der Waals surface area contributed by atoms with E-state index >= 15 is 0 Å². The predicted octanol–water partition coefficient (Wildman–Crippen LogP) is 6.00. The fourth-order valence-corrected chi connectivity index (χ4v) is 6.80. The number of Topliss-reactive ketones (excluding diaryl/α,β-unsaturated/α-hetero) is 1. The van der Waals surface area contributed by atoms with Gasteiger partial charge in [0.15, 0.2) is 5.78 Å². The summed E-state index contributed by atoms with van der Waals surface area (Å²) in [5.74, 6) is 0.909. The number of nitrogens with zero attached hydrogens (tertiary/aromatic N) is 2. The molecule has 3 aromatic carbocycles. The van der Waals surface area contributed by atoms with Crippen molar-refractivity contribution in [2.45, 2.75) is 4.90 Å². The third-order valence-electron chi connectivity index (χ3n) is 6.46. The average molecular weight is 557 g/mol. The van der Waals surface area contributed by atoms with E-state index in [-0.39, 0.29) is 10.7 Å². The first-order valence-corrected chi connectivity index (χ1v) is 14.7. The third kappa shape index (κ3) is 5.22. The van der Waals surface area contributed by atoms with E-state index in [0.717, 1.165) is 15.8 Å². The number of benzene rings is 3. The first-order chi connectivity index (χ1) is 19.0.